The van der Waals surface area contributed by atoms with Crippen LogP contribution >= 0.6 is 0 Å². The Morgan fingerprint density at radius 3 is 2.28 bits per heavy atom. The van der Waals surface area contributed by atoms with E-state index in [4.69, 9.17) is 4.74 Å². The number of carbonyl (C=O) groups excluding carboxylic acids is 7. The van der Waals surface area contributed by atoms with Gasteiger partial charge in [-0.3, -0.25) is 24.0 Å². The van der Waals surface area contributed by atoms with Gasteiger partial charge in [0.2, 0.25) is 29.5 Å². The average molecular weight is 788 g/mol. The smallest absolute Gasteiger partial charge is 0.332 e. The van der Waals surface area contributed by atoms with E-state index >= 15 is 0 Å². The van der Waals surface area contributed by atoms with Crippen LogP contribution in [-0.4, -0.2) is 129 Å². The second-order valence-electron chi connectivity index (χ2n) is 16.0. The van der Waals surface area contributed by atoms with Gasteiger partial charge in [-0.05, 0) is 70.1 Å². The molecule has 0 bridgehead atoms. The van der Waals surface area contributed by atoms with Gasteiger partial charge in [-0.2, -0.15) is 0 Å². The maximum absolute atomic E-state index is 14.8. The third-order valence-electron chi connectivity index (χ3n) is 11.5. The summed E-state index contributed by atoms with van der Waals surface area (Å²) >= 11 is 0. The van der Waals surface area contributed by atoms with Crippen LogP contribution in [0.4, 0.5) is 10.5 Å². The quantitative estimate of drug-likeness (QED) is 0.268. The molecule has 4 fully saturated rings. The molecule has 4 aliphatic rings. The molecule has 9 atom stereocenters. The van der Waals surface area contributed by atoms with Crippen LogP contribution in [0.5, 0.6) is 0 Å². The van der Waals surface area contributed by atoms with E-state index in [1.807, 2.05) is 13.0 Å². The number of aliphatic hydroxyl groups excluding tert-OH is 1. The van der Waals surface area contributed by atoms with Crippen molar-refractivity contribution in [2.45, 2.75) is 114 Å². The molecule has 0 saturated carbocycles. The number of nitrogens with one attached hydrogen (secondary N) is 4. The molecule has 7 amide bonds. The number of ether oxygens (including phenoxy) is 1. The first-order chi connectivity index (χ1) is 27.2. The first kappa shape index (κ1) is 41.1. The lowest BCUT2D eigenvalue weighted by atomic mass is 9.94. The minimum Gasteiger partial charge on any atom is -0.458 e. The maximum Gasteiger partial charge on any atom is 0.332 e. The van der Waals surface area contributed by atoms with Crippen molar-refractivity contribution in [3.8, 4) is 0 Å². The number of hydrogen-bond donors (Lipinski definition) is 5. The van der Waals surface area contributed by atoms with Crippen molar-refractivity contribution in [1.82, 2.24) is 30.7 Å². The Morgan fingerprint density at radius 1 is 0.895 bits per heavy atom. The Balaban J connectivity index is 1.36. The lowest BCUT2D eigenvalue weighted by Crippen LogP contribution is -2.64. The van der Waals surface area contributed by atoms with Crippen molar-refractivity contribution in [3.63, 3.8) is 0 Å². The molecule has 0 aromatic heterocycles. The molecule has 2 aromatic rings. The van der Waals surface area contributed by atoms with Crippen molar-refractivity contribution in [3.05, 3.63) is 66.2 Å². The summed E-state index contributed by atoms with van der Waals surface area (Å²) in [6.45, 7) is 6.61. The highest BCUT2D eigenvalue weighted by atomic mass is 16.5. The number of rotatable bonds is 6. The van der Waals surface area contributed by atoms with Gasteiger partial charge in [0, 0.05) is 38.2 Å². The van der Waals surface area contributed by atoms with Gasteiger partial charge < -0.3 is 45.8 Å². The van der Waals surface area contributed by atoms with Gasteiger partial charge in [-0.15, -0.1) is 0 Å². The SMILES string of the molecule is C[C@H]1CN2C(=O)[C@H](C)NC(=O)[C@@H]3CCCCN3C(=O)[C@@H]3C[C@@H](O)CN3C(=O)[C@@H](NC(=O)[C@H](Cc3ccccc3)NC(=O)Nc3ccccc3)[C@H](C)OC(=O)C2(C)C1. The summed E-state index contributed by atoms with van der Waals surface area (Å²) in [7, 11) is 0. The Morgan fingerprint density at radius 2 is 1.58 bits per heavy atom. The van der Waals surface area contributed by atoms with Crippen LogP contribution in [0.15, 0.2) is 60.7 Å². The van der Waals surface area contributed by atoms with Gasteiger partial charge in [0.25, 0.3) is 0 Å². The minimum absolute atomic E-state index is 0.0249. The summed E-state index contributed by atoms with van der Waals surface area (Å²) in [5.74, 6) is -4.11. The molecular weight excluding hydrogens is 734 g/mol. The Kier molecular flexibility index (Phi) is 12.5. The largest absolute Gasteiger partial charge is 0.458 e. The van der Waals surface area contributed by atoms with Crippen LogP contribution in [0, 0.1) is 5.92 Å². The predicted molar refractivity (Wildman–Crippen MR) is 207 cm³/mol. The zero-order valence-electron chi connectivity index (χ0n) is 32.8. The van der Waals surface area contributed by atoms with E-state index in [1.165, 1.54) is 28.5 Å². The summed E-state index contributed by atoms with van der Waals surface area (Å²) in [4.78, 5) is 103. The van der Waals surface area contributed by atoms with Crippen molar-refractivity contribution in [2.24, 2.45) is 5.92 Å². The van der Waals surface area contributed by atoms with Gasteiger partial charge >= 0.3 is 12.0 Å². The second kappa shape index (κ2) is 17.3. The van der Waals surface area contributed by atoms with Gasteiger partial charge in [0.1, 0.15) is 41.9 Å². The average Bonchev–Trinajstić information content (AvgIpc) is 3.74. The highest BCUT2D eigenvalue weighted by Gasteiger charge is 2.53. The second-order valence-corrected chi connectivity index (χ2v) is 16.0. The van der Waals surface area contributed by atoms with Gasteiger partial charge in [0.15, 0.2) is 0 Å². The highest BCUT2D eigenvalue weighted by molar-refractivity contribution is 5.99. The van der Waals surface area contributed by atoms with E-state index in [2.05, 4.69) is 21.3 Å². The topological polar surface area (TPSA) is 207 Å². The summed E-state index contributed by atoms with van der Waals surface area (Å²) < 4.78 is 6.01. The van der Waals surface area contributed by atoms with Gasteiger partial charge in [-0.25, -0.2) is 9.59 Å². The molecule has 0 radical (unpaired) electrons. The van der Waals surface area contributed by atoms with Crippen molar-refractivity contribution < 1.29 is 43.4 Å². The van der Waals surface area contributed by atoms with Crippen molar-refractivity contribution in [1.29, 1.82) is 0 Å². The number of benzene rings is 2. The Labute approximate surface area is 332 Å². The lowest BCUT2D eigenvalue weighted by Gasteiger charge is -2.40. The normalized spacial score (nSPS) is 30.4. The van der Waals surface area contributed by atoms with E-state index in [0.29, 0.717) is 30.5 Å². The van der Waals surface area contributed by atoms with Gasteiger partial charge in [0.05, 0.1) is 6.10 Å². The van der Waals surface area contributed by atoms with Crippen LogP contribution in [0.2, 0.25) is 0 Å². The number of para-hydroxylation sites is 1. The van der Waals surface area contributed by atoms with Gasteiger partial charge in [-0.1, -0.05) is 55.5 Å². The number of fused-ring (bicyclic) bond motifs is 3. The monoisotopic (exact) mass is 787 g/mol. The zero-order chi connectivity index (χ0) is 41.0. The lowest BCUT2D eigenvalue weighted by molar-refractivity contribution is -0.169. The molecule has 6 rings (SSSR count). The Bertz CT molecular complexity index is 1850. The molecule has 5 N–H and O–H groups in total. The van der Waals surface area contributed by atoms with Crippen molar-refractivity contribution >= 4 is 47.2 Å². The fourth-order valence-corrected chi connectivity index (χ4v) is 8.53. The van der Waals surface area contributed by atoms with E-state index in [-0.39, 0.29) is 44.8 Å². The molecule has 4 saturated heterocycles. The number of hydrogen-bond acceptors (Lipinski definition) is 9. The minimum atomic E-state index is -1.60. The molecular formula is C41H53N7O9. The molecule has 16 heteroatoms. The van der Waals surface area contributed by atoms with Crippen LogP contribution in [0.25, 0.3) is 0 Å². The third-order valence-corrected chi connectivity index (χ3v) is 11.5. The third kappa shape index (κ3) is 9.06. The molecule has 57 heavy (non-hydrogen) atoms. The number of nitrogens with zero attached hydrogens (tertiary/aromatic N) is 3. The molecule has 306 valence electrons. The first-order valence-electron chi connectivity index (χ1n) is 19.7. The van der Waals surface area contributed by atoms with Crippen LogP contribution in [-0.2, 0) is 39.9 Å². The standard InChI is InChI=1S/C41H53N7O9/c1-24-21-41(4)39(55)57-26(3)33(45-34(50)30(19-27-13-7-5-8-14-27)44-40(56)43-28-15-9-6-10-16-28)38(54)47-23-29(49)20-32(47)37(53)46-18-12-11-17-31(46)35(51)42-25(2)36(52)48(41)22-24/h5-10,13-16,24-26,29-33,49H,11-12,17-23H2,1-4H3,(H,42,51)(H,45,50)(H2,43,44,56)/t24-,25+,26+,29-,30+,31+,32+,33+,41?/m1/s1. The number of anilines is 1. The van der Waals surface area contributed by atoms with E-state index < -0.39 is 89.5 Å². The molecule has 4 aliphatic heterocycles. The maximum atomic E-state index is 14.8. The van der Waals surface area contributed by atoms with Crippen LogP contribution in [0.1, 0.15) is 65.4 Å². The number of piperidine rings is 1. The number of aliphatic hydroxyl groups is 1. The number of carbonyl (C=O) groups is 7. The number of cyclic esters (lactones) is 1. The summed E-state index contributed by atoms with van der Waals surface area (Å²) in [6, 6.07) is 10.9. The summed E-state index contributed by atoms with van der Waals surface area (Å²) in [5.41, 5.74) is -0.294. The van der Waals surface area contributed by atoms with Crippen LogP contribution < -0.4 is 21.3 Å². The first-order valence-corrected chi connectivity index (χ1v) is 19.7. The molecule has 0 aliphatic carbocycles. The molecule has 4 heterocycles. The molecule has 16 nitrogen and oxygen atoms in total. The predicted octanol–water partition coefficient (Wildman–Crippen LogP) is 1.32. The Hall–Kier alpha value is -5.51. The fraction of sp³-hybridized carbons (Fsp3) is 0.537. The van der Waals surface area contributed by atoms with E-state index in [0.717, 1.165) is 0 Å². The van der Waals surface area contributed by atoms with E-state index in [9.17, 15) is 38.7 Å². The summed E-state index contributed by atoms with van der Waals surface area (Å²) in [6.07, 6.45) is -0.724. The highest BCUT2D eigenvalue weighted by Crippen LogP contribution is 2.36. The van der Waals surface area contributed by atoms with E-state index in [1.54, 1.807) is 61.5 Å². The fourth-order valence-electron chi connectivity index (χ4n) is 8.53. The van der Waals surface area contributed by atoms with Crippen molar-refractivity contribution in [2.75, 3.05) is 25.0 Å². The number of urea groups is 1. The molecule has 2 aromatic carbocycles. The zero-order valence-corrected chi connectivity index (χ0v) is 32.8. The molecule has 1 unspecified atom stereocenters. The molecule has 0 spiro atoms. The van der Waals surface area contributed by atoms with Crippen LogP contribution in [0.3, 0.4) is 0 Å². The summed E-state index contributed by atoms with van der Waals surface area (Å²) in [5, 5.41) is 21.8. The number of esters is 1. The number of amides is 7.